The van der Waals surface area contributed by atoms with Gasteiger partial charge in [-0.05, 0) is 18.9 Å². The molecule has 1 atom stereocenters. The van der Waals surface area contributed by atoms with Crippen LogP contribution in [0.4, 0.5) is 5.82 Å². The average molecular weight is 399 g/mol. The van der Waals surface area contributed by atoms with Crippen molar-refractivity contribution >= 4 is 32.5 Å². The van der Waals surface area contributed by atoms with E-state index in [-0.39, 0.29) is 5.91 Å². The summed E-state index contributed by atoms with van der Waals surface area (Å²) >= 11 is 0. The van der Waals surface area contributed by atoms with E-state index in [1.54, 1.807) is 6.20 Å². The Bertz CT molecular complexity index is 1210. The van der Waals surface area contributed by atoms with E-state index < -0.39 is 15.1 Å². The molecule has 0 aromatic carbocycles. The van der Waals surface area contributed by atoms with Crippen LogP contribution in [0, 0.1) is 5.41 Å². The number of hydrogen-bond acceptors (Lipinski definition) is 6. The van der Waals surface area contributed by atoms with Crippen molar-refractivity contribution in [1.29, 1.82) is 0 Å². The number of rotatable bonds is 3. The van der Waals surface area contributed by atoms with E-state index in [1.165, 1.54) is 12.6 Å². The van der Waals surface area contributed by atoms with Crippen LogP contribution in [0.3, 0.4) is 0 Å². The van der Waals surface area contributed by atoms with Crippen molar-refractivity contribution in [3.8, 4) is 0 Å². The zero-order valence-corrected chi connectivity index (χ0v) is 16.6. The molecule has 10 heteroatoms. The van der Waals surface area contributed by atoms with Gasteiger partial charge < -0.3 is 9.88 Å². The first-order valence-corrected chi connectivity index (χ1v) is 11.1. The fraction of sp³-hybridized carbons (Fsp3) is 0.444. The van der Waals surface area contributed by atoms with Crippen molar-refractivity contribution < 1.29 is 9.00 Å². The molecule has 1 saturated carbocycles. The fourth-order valence-corrected chi connectivity index (χ4v) is 5.03. The number of hydrogen-bond donors (Lipinski definition) is 1. The monoisotopic (exact) mass is 399 g/mol. The molecule has 146 valence electrons. The van der Waals surface area contributed by atoms with Crippen LogP contribution in [0.15, 0.2) is 34.0 Å². The smallest absolute Gasteiger partial charge is 0.259 e. The van der Waals surface area contributed by atoms with Gasteiger partial charge >= 0.3 is 0 Å². The van der Waals surface area contributed by atoms with Crippen LogP contribution in [-0.2, 0) is 27.6 Å². The van der Waals surface area contributed by atoms with E-state index in [2.05, 4.69) is 29.3 Å². The first-order valence-electron chi connectivity index (χ1n) is 9.22. The summed E-state index contributed by atoms with van der Waals surface area (Å²) < 4.78 is 19.3. The molecule has 0 saturated heterocycles. The highest BCUT2D eigenvalue weighted by atomic mass is 32.2. The van der Waals surface area contributed by atoms with Gasteiger partial charge in [-0.3, -0.25) is 9.48 Å². The summed E-state index contributed by atoms with van der Waals surface area (Å²) in [5, 5.41) is 5.33. The standard InChI is InChI=1S/C18H21N7O2S/c1-18(4-5-18)17(26)23-28(2,27)14-9-22-25-8-7-24(10-13(14)25)16-12-3-6-19-15(12)20-11-21-16/h3,6,9,11H,4-5,7-8,10H2,1-2H3,(H,19,20,21). The van der Waals surface area contributed by atoms with E-state index in [0.717, 1.165) is 41.9 Å². The second-order valence-corrected chi connectivity index (χ2v) is 10.0. The van der Waals surface area contributed by atoms with Crippen LogP contribution < -0.4 is 4.90 Å². The molecule has 0 bridgehead atoms. The summed E-state index contributed by atoms with van der Waals surface area (Å²) in [6.07, 6.45) is 8.12. The van der Waals surface area contributed by atoms with Gasteiger partial charge in [-0.2, -0.15) is 9.46 Å². The molecular formula is C18H21N7O2S. The van der Waals surface area contributed by atoms with E-state index in [4.69, 9.17) is 0 Å². The minimum Gasteiger partial charge on any atom is -0.348 e. The molecule has 1 aliphatic carbocycles. The molecule has 1 fully saturated rings. The Morgan fingerprint density at radius 2 is 2.14 bits per heavy atom. The molecule has 1 aliphatic heterocycles. The summed E-state index contributed by atoms with van der Waals surface area (Å²) in [4.78, 5) is 26.9. The maximum atomic E-state index is 13.3. The number of carbonyl (C=O) groups excluding carboxylic acids is 1. The van der Waals surface area contributed by atoms with Crippen LogP contribution in [0.1, 0.15) is 25.5 Å². The molecule has 5 rings (SSSR count). The van der Waals surface area contributed by atoms with Crippen LogP contribution in [0.2, 0.25) is 0 Å². The molecule has 0 radical (unpaired) electrons. The summed E-state index contributed by atoms with van der Waals surface area (Å²) in [5.41, 5.74) is 1.17. The Kier molecular flexibility index (Phi) is 3.64. The Labute approximate surface area is 162 Å². The largest absolute Gasteiger partial charge is 0.348 e. The van der Waals surface area contributed by atoms with Gasteiger partial charge in [0.15, 0.2) is 0 Å². The van der Waals surface area contributed by atoms with Crippen LogP contribution in [0.5, 0.6) is 0 Å². The number of carbonyl (C=O) groups is 1. The Morgan fingerprint density at radius 1 is 1.32 bits per heavy atom. The van der Waals surface area contributed by atoms with Crippen molar-refractivity contribution in [2.24, 2.45) is 9.78 Å². The van der Waals surface area contributed by atoms with Crippen LogP contribution >= 0.6 is 0 Å². The quantitative estimate of drug-likeness (QED) is 0.721. The zero-order chi connectivity index (χ0) is 19.5. The van der Waals surface area contributed by atoms with Crippen LogP contribution in [-0.4, -0.2) is 47.6 Å². The van der Waals surface area contributed by atoms with E-state index in [0.29, 0.717) is 18.0 Å². The second kappa shape index (κ2) is 5.87. The van der Waals surface area contributed by atoms with Gasteiger partial charge in [0.2, 0.25) is 0 Å². The number of nitrogens with zero attached hydrogens (tertiary/aromatic N) is 6. The van der Waals surface area contributed by atoms with Crippen LogP contribution in [0.25, 0.3) is 11.0 Å². The summed E-state index contributed by atoms with van der Waals surface area (Å²) in [5.74, 6) is 0.559. The Hall–Kier alpha value is -2.75. The van der Waals surface area contributed by atoms with Crippen molar-refractivity contribution in [2.45, 2.75) is 37.8 Å². The molecular weight excluding hydrogens is 378 g/mol. The maximum absolute atomic E-state index is 13.3. The molecule has 2 aliphatic rings. The van der Waals surface area contributed by atoms with Gasteiger partial charge in [-0.15, -0.1) is 0 Å². The number of anilines is 1. The molecule has 1 amide bonds. The molecule has 3 aromatic rings. The molecule has 4 heterocycles. The molecule has 0 spiro atoms. The summed E-state index contributed by atoms with van der Waals surface area (Å²) in [6, 6.07) is 1.95. The van der Waals surface area contributed by atoms with Gasteiger partial charge in [0.1, 0.15) is 17.8 Å². The van der Waals surface area contributed by atoms with Gasteiger partial charge in [0.25, 0.3) is 5.91 Å². The Morgan fingerprint density at radius 3 is 2.93 bits per heavy atom. The number of fused-ring (bicyclic) bond motifs is 2. The highest BCUT2D eigenvalue weighted by Crippen LogP contribution is 2.46. The molecule has 9 nitrogen and oxygen atoms in total. The van der Waals surface area contributed by atoms with Gasteiger partial charge in [-0.1, -0.05) is 6.92 Å². The number of aromatic nitrogens is 5. The van der Waals surface area contributed by atoms with Crippen molar-refractivity contribution in [3.63, 3.8) is 0 Å². The third-order valence-corrected chi connectivity index (χ3v) is 7.32. The second-order valence-electron chi connectivity index (χ2n) is 7.80. The Balaban J connectivity index is 1.52. The zero-order valence-electron chi connectivity index (χ0n) is 15.8. The third-order valence-electron chi connectivity index (χ3n) is 5.65. The van der Waals surface area contributed by atoms with E-state index in [1.807, 2.05) is 23.9 Å². The predicted molar refractivity (Wildman–Crippen MR) is 104 cm³/mol. The lowest BCUT2D eigenvalue weighted by Crippen LogP contribution is -2.35. The summed E-state index contributed by atoms with van der Waals surface area (Å²) in [7, 11) is -2.86. The fourth-order valence-electron chi connectivity index (χ4n) is 3.55. The average Bonchev–Trinajstić information content (AvgIpc) is 3.09. The normalized spacial score (nSPS) is 19.9. The topological polar surface area (TPSA) is 109 Å². The first kappa shape index (κ1) is 17.4. The molecule has 1 unspecified atom stereocenters. The van der Waals surface area contributed by atoms with E-state index in [9.17, 15) is 9.00 Å². The lowest BCUT2D eigenvalue weighted by atomic mass is 10.1. The minimum absolute atomic E-state index is 0.266. The highest BCUT2D eigenvalue weighted by molar-refractivity contribution is 7.93. The molecule has 3 aromatic heterocycles. The van der Waals surface area contributed by atoms with Crippen molar-refractivity contribution in [1.82, 2.24) is 24.7 Å². The minimum atomic E-state index is -2.86. The van der Waals surface area contributed by atoms with Crippen molar-refractivity contribution in [2.75, 3.05) is 17.7 Å². The number of amides is 1. The number of H-pyrrole nitrogens is 1. The first-order chi connectivity index (χ1) is 13.4. The van der Waals surface area contributed by atoms with Gasteiger partial charge in [-0.25, -0.2) is 14.2 Å². The lowest BCUT2D eigenvalue weighted by molar-refractivity contribution is -0.122. The van der Waals surface area contributed by atoms with E-state index >= 15 is 0 Å². The maximum Gasteiger partial charge on any atom is 0.259 e. The SMILES string of the molecule is CC1(C(=O)N=S(C)(=O)c2cnn3c2CN(c2ncnc4[nH]ccc24)CC3)CC1. The van der Waals surface area contributed by atoms with Gasteiger partial charge in [0, 0.05) is 24.4 Å². The predicted octanol–water partition coefficient (Wildman–Crippen LogP) is 1.96. The van der Waals surface area contributed by atoms with Gasteiger partial charge in [0.05, 0.1) is 45.0 Å². The number of aromatic amines is 1. The lowest BCUT2D eigenvalue weighted by Gasteiger charge is -2.29. The third kappa shape index (κ3) is 2.70. The molecule has 1 N–H and O–H groups in total. The molecule has 28 heavy (non-hydrogen) atoms. The summed E-state index contributed by atoms with van der Waals surface area (Å²) in [6.45, 7) is 3.75. The number of nitrogens with one attached hydrogen (secondary N) is 1. The van der Waals surface area contributed by atoms with Crippen molar-refractivity contribution in [3.05, 3.63) is 30.5 Å². The highest BCUT2D eigenvalue weighted by Gasteiger charge is 2.45.